The average Bonchev–Trinajstić information content (AvgIpc) is 2.96. The van der Waals surface area contributed by atoms with Gasteiger partial charge in [-0.25, -0.2) is 9.78 Å². The zero-order valence-corrected chi connectivity index (χ0v) is 17.0. The maximum Gasteiger partial charge on any atom is 0.413 e. The van der Waals surface area contributed by atoms with Crippen molar-refractivity contribution in [1.29, 1.82) is 0 Å². The Bertz CT molecular complexity index is 797. The standard InChI is InChI=1S/C18H22N2O4S2/c1-18(2,3)24-16(22)19-15-14(26-17(20-15)25-5)12-9-7-6-8-11(12)10-13(21)23-4/h6-9H,10H2,1-5H3,(H,19,22). The van der Waals surface area contributed by atoms with Crippen LogP contribution in [0.15, 0.2) is 28.6 Å². The second-order valence-electron chi connectivity index (χ2n) is 6.40. The molecule has 0 saturated carbocycles. The Kier molecular flexibility index (Phi) is 6.66. The summed E-state index contributed by atoms with van der Waals surface area (Å²) in [6.07, 6.45) is 1.49. The van der Waals surface area contributed by atoms with Crippen molar-refractivity contribution in [1.82, 2.24) is 4.98 Å². The zero-order valence-electron chi connectivity index (χ0n) is 15.4. The van der Waals surface area contributed by atoms with Crippen LogP contribution in [0.3, 0.4) is 0 Å². The average molecular weight is 395 g/mol. The van der Waals surface area contributed by atoms with Gasteiger partial charge in [0.25, 0.3) is 0 Å². The molecule has 140 valence electrons. The summed E-state index contributed by atoms with van der Waals surface area (Å²) >= 11 is 2.94. The van der Waals surface area contributed by atoms with E-state index in [4.69, 9.17) is 9.47 Å². The van der Waals surface area contributed by atoms with Gasteiger partial charge in [0.1, 0.15) is 5.60 Å². The maximum absolute atomic E-state index is 12.2. The highest BCUT2D eigenvalue weighted by atomic mass is 32.2. The summed E-state index contributed by atoms with van der Waals surface area (Å²) in [6, 6.07) is 7.50. The van der Waals surface area contributed by atoms with Crippen LogP contribution >= 0.6 is 23.1 Å². The van der Waals surface area contributed by atoms with Gasteiger partial charge in [-0.15, -0.1) is 11.3 Å². The van der Waals surface area contributed by atoms with E-state index >= 15 is 0 Å². The van der Waals surface area contributed by atoms with Crippen molar-refractivity contribution >= 4 is 41.0 Å². The van der Waals surface area contributed by atoms with Gasteiger partial charge < -0.3 is 9.47 Å². The van der Waals surface area contributed by atoms with Gasteiger partial charge in [-0.1, -0.05) is 36.0 Å². The first-order valence-corrected chi connectivity index (χ1v) is 9.97. The van der Waals surface area contributed by atoms with E-state index in [0.717, 1.165) is 20.3 Å². The summed E-state index contributed by atoms with van der Waals surface area (Å²) in [5.41, 5.74) is 1.04. The van der Waals surface area contributed by atoms with Gasteiger partial charge in [0, 0.05) is 0 Å². The molecule has 0 saturated heterocycles. The highest BCUT2D eigenvalue weighted by Gasteiger charge is 2.22. The van der Waals surface area contributed by atoms with Gasteiger partial charge in [-0.2, -0.15) is 0 Å². The van der Waals surface area contributed by atoms with Crippen molar-refractivity contribution in [3.8, 4) is 10.4 Å². The Morgan fingerprint density at radius 2 is 1.96 bits per heavy atom. The molecule has 0 spiro atoms. The number of hydrogen-bond acceptors (Lipinski definition) is 7. The number of amides is 1. The number of benzene rings is 1. The first-order valence-electron chi connectivity index (χ1n) is 7.93. The van der Waals surface area contributed by atoms with E-state index in [1.165, 1.54) is 30.2 Å². The highest BCUT2D eigenvalue weighted by molar-refractivity contribution is 8.00. The number of rotatable bonds is 5. The van der Waals surface area contributed by atoms with Crippen LogP contribution in [0.4, 0.5) is 10.6 Å². The lowest BCUT2D eigenvalue weighted by Gasteiger charge is -2.19. The van der Waals surface area contributed by atoms with Crippen molar-refractivity contribution in [3.05, 3.63) is 29.8 Å². The molecule has 8 heteroatoms. The molecule has 6 nitrogen and oxygen atoms in total. The molecule has 1 aromatic heterocycles. The van der Waals surface area contributed by atoms with Crippen LogP contribution in [0.1, 0.15) is 26.3 Å². The molecule has 2 rings (SSSR count). The molecular weight excluding hydrogens is 372 g/mol. The first kappa shape index (κ1) is 20.3. The lowest BCUT2D eigenvalue weighted by Crippen LogP contribution is -2.27. The number of nitrogens with zero attached hydrogens (tertiary/aromatic N) is 1. The van der Waals surface area contributed by atoms with Crippen molar-refractivity contribution in [2.24, 2.45) is 0 Å². The predicted molar refractivity (Wildman–Crippen MR) is 105 cm³/mol. The Morgan fingerprint density at radius 1 is 1.27 bits per heavy atom. The van der Waals surface area contributed by atoms with E-state index in [1.54, 1.807) is 20.8 Å². The maximum atomic E-state index is 12.2. The second-order valence-corrected chi connectivity index (χ2v) is 8.45. The van der Waals surface area contributed by atoms with Crippen LogP contribution in [-0.4, -0.2) is 36.0 Å². The van der Waals surface area contributed by atoms with E-state index in [-0.39, 0.29) is 12.4 Å². The molecule has 0 bridgehead atoms. The number of nitrogens with one attached hydrogen (secondary N) is 1. The summed E-state index contributed by atoms with van der Waals surface area (Å²) < 4.78 is 10.9. The monoisotopic (exact) mass is 394 g/mol. The number of anilines is 1. The molecule has 1 aromatic carbocycles. The van der Waals surface area contributed by atoms with Crippen LogP contribution in [0.5, 0.6) is 0 Å². The number of aromatic nitrogens is 1. The lowest BCUT2D eigenvalue weighted by molar-refractivity contribution is -0.139. The number of thioether (sulfide) groups is 1. The Morgan fingerprint density at radius 3 is 2.58 bits per heavy atom. The largest absolute Gasteiger partial charge is 0.469 e. The summed E-state index contributed by atoms with van der Waals surface area (Å²) in [6.45, 7) is 5.40. The highest BCUT2D eigenvalue weighted by Crippen LogP contribution is 2.39. The third-order valence-electron chi connectivity index (χ3n) is 3.23. The van der Waals surface area contributed by atoms with Crippen molar-refractivity contribution < 1.29 is 19.1 Å². The smallest absolute Gasteiger partial charge is 0.413 e. The molecule has 0 atom stereocenters. The molecule has 0 aliphatic rings. The van der Waals surface area contributed by atoms with E-state index in [2.05, 4.69) is 10.3 Å². The zero-order chi connectivity index (χ0) is 19.3. The van der Waals surface area contributed by atoms with Gasteiger partial charge in [-0.3, -0.25) is 10.1 Å². The molecular formula is C18H22N2O4S2. The van der Waals surface area contributed by atoms with Crippen LogP contribution in [0.2, 0.25) is 0 Å². The van der Waals surface area contributed by atoms with Crippen LogP contribution < -0.4 is 5.32 Å². The minimum atomic E-state index is -0.606. The fraction of sp³-hybridized carbons (Fsp3) is 0.389. The van der Waals surface area contributed by atoms with E-state index in [0.29, 0.717) is 5.82 Å². The molecule has 0 radical (unpaired) electrons. The summed E-state index contributed by atoms with van der Waals surface area (Å²) in [5, 5.41) is 2.72. The fourth-order valence-corrected chi connectivity index (χ4v) is 3.76. The van der Waals surface area contributed by atoms with Gasteiger partial charge in [0.15, 0.2) is 10.2 Å². The molecule has 0 unspecified atom stereocenters. The Balaban J connectivity index is 2.39. The predicted octanol–water partition coefficient (Wildman–Crippen LogP) is 4.59. The molecule has 0 aliphatic carbocycles. The first-order chi connectivity index (χ1) is 12.2. The molecule has 2 aromatic rings. The normalized spacial score (nSPS) is 11.1. The van der Waals surface area contributed by atoms with Crippen LogP contribution in [0, 0.1) is 0 Å². The summed E-state index contributed by atoms with van der Waals surface area (Å²) in [7, 11) is 1.36. The molecule has 0 aliphatic heterocycles. The van der Waals surface area contributed by atoms with Gasteiger partial charge in [0.05, 0.1) is 18.4 Å². The van der Waals surface area contributed by atoms with Gasteiger partial charge in [-0.05, 0) is 38.2 Å². The van der Waals surface area contributed by atoms with E-state index in [1.807, 2.05) is 30.5 Å². The fourth-order valence-electron chi connectivity index (χ4n) is 2.18. The number of methoxy groups -OCH3 is 1. The van der Waals surface area contributed by atoms with Gasteiger partial charge in [0.2, 0.25) is 0 Å². The summed E-state index contributed by atoms with van der Waals surface area (Å²) in [4.78, 5) is 29.1. The molecule has 0 fully saturated rings. The van der Waals surface area contributed by atoms with Crippen molar-refractivity contribution in [3.63, 3.8) is 0 Å². The number of hydrogen-bond donors (Lipinski definition) is 1. The summed E-state index contributed by atoms with van der Waals surface area (Å²) in [5.74, 6) is 0.0969. The number of carbonyl (C=O) groups excluding carboxylic acids is 2. The Hall–Kier alpha value is -2.06. The molecule has 1 amide bonds. The minimum Gasteiger partial charge on any atom is -0.469 e. The van der Waals surface area contributed by atoms with Crippen LogP contribution in [-0.2, 0) is 20.7 Å². The SMILES string of the molecule is COC(=O)Cc1ccccc1-c1sc(SC)nc1NC(=O)OC(C)(C)C. The number of thiazole rings is 1. The third kappa shape index (κ3) is 5.47. The number of esters is 1. The molecule has 26 heavy (non-hydrogen) atoms. The topological polar surface area (TPSA) is 77.5 Å². The van der Waals surface area contributed by atoms with Crippen molar-refractivity contribution in [2.45, 2.75) is 37.1 Å². The van der Waals surface area contributed by atoms with E-state index < -0.39 is 11.7 Å². The second kappa shape index (κ2) is 8.55. The van der Waals surface area contributed by atoms with E-state index in [9.17, 15) is 9.59 Å². The molecule has 1 heterocycles. The number of ether oxygens (including phenoxy) is 2. The molecule has 1 N–H and O–H groups in total. The quantitative estimate of drug-likeness (QED) is 0.590. The van der Waals surface area contributed by atoms with Crippen LogP contribution in [0.25, 0.3) is 10.4 Å². The number of carbonyl (C=O) groups is 2. The Labute approximate surface area is 161 Å². The minimum absolute atomic E-state index is 0.144. The van der Waals surface area contributed by atoms with Gasteiger partial charge >= 0.3 is 12.1 Å². The van der Waals surface area contributed by atoms with Crippen molar-refractivity contribution in [2.75, 3.05) is 18.7 Å². The third-order valence-corrected chi connectivity index (χ3v) is 5.30. The lowest BCUT2D eigenvalue weighted by atomic mass is 10.0.